The first-order chi connectivity index (χ1) is 8.95. The molecule has 1 amide bonds. The summed E-state index contributed by atoms with van der Waals surface area (Å²) in [4.78, 5) is 18.9. The lowest BCUT2D eigenvalue weighted by molar-refractivity contribution is 0.0816. The number of aromatic nitrogens is 1. The number of likely N-dealkylation sites (N-methyl/N-ethyl adjacent to an activating group) is 1. The van der Waals surface area contributed by atoms with Gasteiger partial charge in [-0.2, -0.15) is 0 Å². The summed E-state index contributed by atoms with van der Waals surface area (Å²) >= 11 is 1.42. The predicted molar refractivity (Wildman–Crippen MR) is 80.7 cm³/mol. The Kier molecular flexibility index (Phi) is 3.57. The number of thiophene rings is 1. The second kappa shape index (κ2) is 5.01. The first-order valence-electron chi connectivity index (χ1n) is 5.98. The third kappa shape index (κ3) is 2.33. The fraction of sp³-hybridized carbons (Fsp3) is 0.286. The summed E-state index contributed by atoms with van der Waals surface area (Å²) in [5, 5.41) is 0.894. The standard InChI is InChI=1S/C14H17N3OS/c1-5-6-17(4)14(18)13-12(15)11-9(3)16-8(2)7-10(11)19-13/h5,7H,1,6,15H2,2-4H3. The lowest BCUT2D eigenvalue weighted by Crippen LogP contribution is -2.26. The van der Waals surface area contributed by atoms with Crippen molar-refractivity contribution >= 4 is 33.0 Å². The van der Waals surface area contributed by atoms with Gasteiger partial charge in [-0.05, 0) is 19.9 Å². The van der Waals surface area contributed by atoms with Gasteiger partial charge in [-0.3, -0.25) is 9.78 Å². The second-order valence-corrected chi connectivity index (χ2v) is 5.59. The van der Waals surface area contributed by atoms with E-state index in [4.69, 9.17) is 5.73 Å². The number of hydrogen-bond acceptors (Lipinski definition) is 4. The number of hydrogen-bond donors (Lipinski definition) is 1. The molecule has 2 aromatic heterocycles. The van der Waals surface area contributed by atoms with Crippen molar-refractivity contribution in [2.24, 2.45) is 0 Å². The average molecular weight is 275 g/mol. The van der Waals surface area contributed by atoms with Crippen molar-refractivity contribution in [2.75, 3.05) is 19.3 Å². The van der Waals surface area contributed by atoms with Gasteiger partial charge in [0.15, 0.2) is 0 Å². The van der Waals surface area contributed by atoms with Gasteiger partial charge in [-0.1, -0.05) is 6.08 Å². The van der Waals surface area contributed by atoms with E-state index in [-0.39, 0.29) is 5.91 Å². The molecular weight excluding hydrogens is 258 g/mol. The third-order valence-corrected chi connectivity index (χ3v) is 4.10. The molecule has 0 spiro atoms. The number of nitrogen functional groups attached to an aromatic ring is 1. The SMILES string of the molecule is C=CCN(C)C(=O)c1sc2cc(C)nc(C)c2c1N. The molecule has 5 heteroatoms. The highest BCUT2D eigenvalue weighted by Gasteiger charge is 2.20. The molecule has 0 radical (unpaired) electrons. The zero-order chi connectivity index (χ0) is 14.2. The molecule has 0 saturated carbocycles. The number of aryl methyl sites for hydroxylation is 2. The number of anilines is 1. The molecule has 0 aliphatic heterocycles. The fourth-order valence-electron chi connectivity index (χ4n) is 2.09. The first kappa shape index (κ1) is 13.5. The monoisotopic (exact) mass is 275 g/mol. The van der Waals surface area contributed by atoms with Crippen LogP contribution in [0.25, 0.3) is 10.1 Å². The Labute approximate surface area is 116 Å². The van der Waals surface area contributed by atoms with E-state index in [1.54, 1.807) is 18.0 Å². The number of amides is 1. The Bertz CT molecular complexity index is 660. The van der Waals surface area contributed by atoms with Crippen molar-refractivity contribution in [3.8, 4) is 0 Å². The Hall–Kier alpha value is -1.88. The zero-order valence-corrected chi connectivity index (χ0v) is 12.2. The van der Waals surface area contributed by atoms with Crippen LogP contribution in [0.15, 0.2) is 18.7 Å². The van der Waals surface area contributed by atoms with E-state index in [0.717, 1.165) is 21.5 Å². The minimum Gasteiger partial charge on any atom is -0.397 e. The van der Waals surface area contributed by atoms with Crippen LogP contribution >= 0.6 is 11.3 Å². The van der Waals surface area contributed by atoms with Crippen LogP contribution < -0.4 is 5.73 Å². The predicted octanol–water partition coefficient (Wildman–Crippen LogP) is 2.75. The summed E-state index contributed by atoms with van der Waals surface area (Å²) in [5.41, 5.74) is 8.46. The highest BCUT2D eigenvalue weighted by Crippen LogP contribution is 2.36. The number of nitrogens with zero attached hydrogens (tertiary/aromatic N) is 2. The maximum absolute atomic E-state index is 12.3. The number of fused-ring (bicyclic) bond motifs is 1. The van der Waals surface area contributed by atoms with E-state index in [1.807, 2.05) is 19.9 Å². The van der Waals surface area contributed by atoms with Crippen LogP contribution in [0.2, 0.25) is 0 Å². The highest BCUT2D eigenvalue weighted by atomic mass is 32.1. The van der Waals surface area contributed by atoms with E-state index in [1.165, 1.54) is 11.3 Å². The van der Waals surface area contributed by atoms with E-state index in [0.29, 0.717) is 17.1 Å². The van der Waals surface area contributed by atoms with Gasteiger partial charge in [0.25, 0.3) is 5.91 Å². The van der Waals surface area contributed by atoms with Crippen LogP contribution in [0.3, 0.4) is 0 Å². The van der Waals surface area contributed by atoms with E-state index in [9.17, 15) is 4.79 Å². The Balaban J connectivity index is 2.57. The molecule has 2 aromatic rings. The normalized spacial score (nSPS) is 10.7. The lowest BCUT2D eigenvalue weighted by atomic mass is 10.2. The van der Waals surface area contributed by atoms with Gasteiger partial charge in [-0.25, -0.2) is 0 Å². The number of pyridine rings is 1. The van der Waals surface area contributed by atoms with Gasteiger partial charge >= 0.3 is 0 Å². The van der Waals surface area contributed by atoms with Gasteiger partial charge < -0.3 is 10.6 Å². The molecule has 0 aromatic carbocycles. The van der Waals surface area contributed by atoms with Gasteiger partial charge in [0.1, 0.15) is 4.88 Å². The van der Waals surface area contributed by atoms with Crippen LogP contribution in [0.5, 0.6) is 0 Å². The summed E-state index contributed by atoms with van der Waals surface area (Å²) in [6.07, 6.45) is 1.69. The van der Waals surface area contributed by atoms with Crippen molar-refractivity contribution in [2.45, 2.75) is 13.8 Å². The van der Waals surface area contributed by atoms with Gasteiger partial charge in [0.05, 0.1) is 5.69 Å². The highest BCUT2D eigenvalue weighted by molar-refractivity contribution is 7.21. The molecule has 0 atom stereocenters. The van der Waals surface area contributed by atoms with Gasteiger partial charge in [0, 0.05) is 35.1 Å². The molecule has 2 heterocycles. The van der Waals surface area contributed by atoms with Crippen molar-refractivity contribution in [1.29, 1.82) is 0 Å². The third-order valence-electron chi connectivity index (χ3n) is 2.96. The summed E-state index contributed by atoms with van der Waals surface area (Å²) in [6.45, 7) is 7.99. The number of nitrogens with two attached hydrogens (primary N) is 1. The quantitative estimate of drug-likeness (QED) is 0.876. The van der Waals surface area contributed by atoms with E-state index < -0.39 is 0 Å². The van der Waals surface area contributed by atoms with E-state index in [2.05, 4.69) is 11.6 Å². The maximum Gasteiger partial charge on any atom is 0.266 e. The fourth-order valence-corrected chi connectivity index (χ4v) is 3.35. The Morgan fingerprint density at radius 1 is 1.58 bits per heavy atom. The summed E-state index contributed by atoms with van der Waals surface area (Å²) < 4.78 is 1.01. The summed E-state index contributed by atoms with van der Waals surface area (Å²) in [6, 6.07) is 1.97. The molecule has 0 aliphatic rings. The minimum absolute atomic E-state index is 0.0735. The maximum atomic E-state index is 12.3. The molecule has 19 heavy (non-hydrogen) atoms. The molecule has 2 N–H and O–H groups in total. The van der Waals surface area contributed by atoms with Crippen LogP contribution in [0, 0.1) is 13.8 Å². The van der Waals surface area contributed by atoms with Crippen LogP contribution in [0.1, 0.15) is 21.1 Å². The Morgan fingerprint density at radius 2 is 2.26 bits per heavy atom. The second-order valence-electron chi connectivity index (χ2n) is 4.54. The van der Waals surface area contributed by atoms with Crippen molar-refractivity contribution in [1.82, 2.24) is 9.88 Å². The van der Waals surface area contributed by atoms with E-state index >= 15 is 0 Å². The molecular formula is C14H17N3OS. The molecule has 100 valence electrons. The average Bonchev–Trinajstić information content (AvgIpc) is 2.65. The molecule has 0 unspecified atom stereocenters. The van der Waals surface area contributed by atoms with Crippen LogP contribution in [-0.4, -0.2) is 29.4 Å². The van der Waals surface area contributed by atoms with Crippen LogP contribution in [0.4, 0.5) is 5.69 Å². The molecule has 0 aliphatic carbocycles. The smallest absolute Gasteiger partial charge is 0.266 e. The molecule has 0 fully saturated rings. The number of carbonyl (C=O) groups is 1. The zero-order valence-electron chi connectivity index (χ0n) is 11.4. The molecule has 0 bridgehead atoms. The lowest BCUT2D eigenvalue weighted by Gasteiger charge is -2.13. The largest absolute Gasteiger partial charge is 0.397 e. The van der Waals surface area contributed by atoms with Crippen LogP contribution in [-0.2, 0) is 0 Å². The molecule has 0 saturated heterocycles. The van der Waals surface area contributed by atoms with Crippen molar-refractivity contribution in [3.05, 3.63) is 35.0 Å². The van der Waals surface area contributed by atoms with Crippen molar-refractivity contribution < 1.29 is 4.79 Å². The van der Waals surface area contributed by atoms with Gasteiger partial charge in [0.2, 0.25) is 0 Å². The Morgan fingerprint density at radius 3 is 2.89 bits per heavy atom. The molecule has 4 nitrogen and oxygen atoms in total. The summed E-state index contributed by atoms with van der Waals surface area (Å²) in [5.74, 6) is -0.0735. The van der Waals surface area contributed by atoms with Crippen molar-refractivity contribution in [3.63, 3.8) is 0 Å². The number of carbonyl (C=O) groups excluding carboxylic acids is 1. The molecule has 2 rings (SSSR count). The topological polar surface area (TPSA) is 59.2 Å². The first-order valence-corrected chi connectivity index (χ1v) is 6.80. The number of rotatable bonds is 3. The minimum atomic E-state index is -0.0735. The summed E-state index contributed by atoms with van der Waals surface area (Å²) in [7, 11) is 1.74. The van der Waals surface area contributed by atoms with Gasteiger partial charge in [-0.15, -0.1) is 17.9 Å².